The molecule has 3 rings (SSSR count). The van der Waals surface area contributed by atoms with Gasteiger partial charge in [0.25, 0.3) is 0 Å². The fourth-order valence-electron chi connectivity index (χ4n) is 3.16. The van der Waals surface area contributed by atoms with Gasteiger partial charge >= 0.3 is 0 Å². The molecule has 0 N–H and O–H groups in total. The number of nitrogens with zero attached hydrogens (tertiary/aromatic N) is 2. The van der Waals surface area contributed by atoms with Crippen molar-refractivity contribution in [3.8, 4) is 0 Å². The van der Waals surface area contributed by atoms with E-state index in [0.29, 0.717) is 11.9 Å². The maximum Gasteiger partial charge on any atom is 0.243 e. The van der Waals surface area contributed by atoms with Gasteiger partial charge in [0.1, 0.15) is 6.54 Å². The second kappa shape index (κ2) is 8.44. The minimum absolute atomic E-state index is 0.0242. The minimum Gasteiger partial charge on any atom is -0.338 e. The monoisotopic (exact) mass is 380 g/mol. The number of hydrogen-bond acceptors (Lipinski definition) is 3. The van der Waals surface area contributed by atoms with Crippen molar-refractivity contribution in [2.24, 2.45) is 0 Å². The second-order valence-electron chi connectivity index (χ2n) is 6.79. The van der Waals surface area contributed by atoms with Crippen LogP contribution in [0.5, 0.6) is 0 Å². The molecule has 5 heteroatoms. The van der Waals surface area contributed by atoms with Gasteiger partial charge in [0.15, 0.2) is 5.43 Å². The Hall–Kier alpha value is -2.53. The van der Waals surface area contributed by atoms with Crippen molar-refractivity contribution in [2.45, 2.75) is 37.9 Å². The van der Waals surface area contributed by atoms with Gasteiger partial charge in [0.2, 0.25) is 5.91 Å². The Kier molecular flexibility index (Phi) is 6.01. The molecule has 1 heterocycles. The van der Waals surface area contributed by atoms with Crippen LogP contribution in [-0.2, 0) is 17.9 Å². The molecule has 0 aliphatic rings. The highest BCUT2D eigenvalue weighted by Crippen LogP contribution is 2.18. The molecule has 1 aromatic heterocycles. The molecule has 0 atom stereocenters. The van der Waals surface area contributed by atoms with E-state index in [1.54, 1.807) is 24.0 Å². The van der Waals surface area contributed by atoms with Crippen LogP contribution in [0.4, 0.5) is 0 Å². The fourth-order valence-corrected chi connectivity index (χ4v) is 3.64. The number of para-hydroxylation sites is 1. The van der Waals surface area contributed by atoms with Gasteiger partial charge < -0.3 is 9.47 Å². The lowest BCUT2D eigenvalue weighted by Crippen LogP contribution is -2.38. The third-order valence-electron chi connectivity index (χ3n) is 4.62. The number of pyridine rings is 1. The van der Waals surface area contributed by atoms with Gasteiger partial charge in [-0.05, 0) is 49.9 Å². The molecule has 0 radical (unpaired) electrons. The van der Waals surface area contributed by atoms with Crippen molar-refractivity contribution in [3.63, 3.8) is 0 Å². The number of aromatic nitrogens is 1. The van der Waals surface area contributed by atoms with Crippen LogP contribution in [0.1, 0.15) is 19.4 Å². The van der Waals surface area contributed by atoms with E-state index in [-0.39, 0.29) is 23.9 Å². The normalized spacial score (nSPS) is 11.1. The lowest BCUT2D eigenvalue weighted by Gasteiger charge is -2.28. The molecule has 0 spiro atoms. The molecule has 1 amide bonds. The molecule has 2 aromatic carbocycles. The average Bonchev–Trinajstić information content (AvgIpc) is 2.68. The third kappa shape index (κ3) is 4.42. The molecule has 0 saturated heterocycles. The summed E-state index contributed by atoms with van der Waals surface area (Å²) in [5.74, 6) is 0.0355. The standard InChI is InChI=1S/C22H24N2O2S/c1-16(2)24(14-17-7-6-8-18(13-17)27-3)22(26)15-23-12-11-21(25)19-9-4-5-10-20(19)23/h4-13,16H,14-15H2,1-3H3. The van der Waals surface area contributed by atoms with Gasteiger partial charge in [-0.2, -0.15) is 0 Å². The minimum atomic E-state index is -0.0242. The van der Waals surface area contributed by atoms with Crippen molar-refractivity contribution in [1.82, 2.24) is 9.47 Å². The SMILES string of the molecule is CSc1cccc(CN(C(=O)Cn2ccc(=O)c3ccccc32)C(C)C)c1. The number of carbonyl (C=O) groups excluding carboxylic acids is 1. The summed E-state index contributed by atoms with van der Waals surface area (Å²) in [7, 11) is 0. The Morgan fingerprint density at radius 1 is 1.11 bits per heavy atom. The predicted molar refractivity (Wildman–Crippen MR) is 112 cm³/mol. The van der Waals surface area contributed by atoms with Gasteiger partial charge in [-0.15, -0.1) is 11.8 Å². The number of amides is 1. The summed E-state index contributed by atoms with van der Waals surface area (Å²) in [4.78, 5) is 28.2. The predicted octanol–water partition coefficient (Wildman–Crippen LogP) is 4.16. The molecule has 0 bridgehead atoms. The van der Waals surface area contributed by atoms with E-state index in [1.165, 1.54) is 11.0 Å². The molecule has 4 nitrogen and oxygen atoms in total. The summed E-state index contributed by atoms with van der Waals surface area (Å²) < 4.78 is 1.85. The molecule has 0 unspecified atom stereocenters. The van der Waals surface area contributed by atoms with E-state index < -0.39 is 0 Å². The lowest BCUT2D eigenvalue weighted by atomic mass is 10.1. The first-order chi connectivity index (χ1) is 13.0. The zero-order valence-corrected chi connectivity index (χ0v) is 16.7. The Morgan fingerprint density at radius 2 is 1.89 bits per heavy atom. The third-order valence-corrected chi connectivity index (χ3v) is 5.35. The van der Waals surface area contributed by atoms with Crippen molar-refractivity contribution < 1.29 is 4.79 Å². The van der Waals surface area contributed by atoms with Crippen LogP contribution < -0.4 is 5.43 Å². The molecular formula is C22H24N2O2S. The summed E-state index contributed by atoms with van der Waals surface area (Å²) in [5.41, 5.74) is 1.88. The zero-order chi connectivity index (χ0) is 19.4. The Bertz CT molecular complexity index is 1010. The topological polar surface area (TPSA) is 42.3 Å². The van der Waals surface area contributed by atoms with Crippen LogP contribution in [0.3, 0.4) is 0 Å². The fraction of sp³-hybridized carbons (Fsp3) is 0.273. The highest BCUT2D eigenvalue weighted by atomic mass is 32.2. The maximum atomic E-state index is 13.1. The molecule has 140 valence electrons. The van der Waals surface area contributed by atoms with Gasteiger partial charge in [0, 0.05) is 35.1 Å². The van der Waals surface area contributed by atoms with Crippen LogP contribution in [0.2, 0.25) is 0 Å². The van der Waals surface area contributed by atoms with E-state index in [0.717, 1.165) is 11.1 Å². The summed E-state index contributed by atoms with van der Waals surface area (Å²) >= 11 is 1.70. The van der Waals surface area contributed by atoms with Crippen LogP contribution in [0, 0.1) is 0 Å². The number of benzene rings is 2. The number of carbonyl (C=O) groups is 1. The van der Waals surface area contributed by atoms with Gasteiger partial charge in [-0.25, -0.2) is 0 Å². The Labute approximate surface area is 163 Å². The molecule has 3 aromatic rings. The van der Waals surface area contributed by atoms with E-state index in [1.807, 2.05) is 53.8 Å². The molecule has 0 fully saturated rings. The summed E-state index contributed by atoms with van der Waals surface area (Å²) in [5, 5.41) is 0.636. The molecular weight excluding hydrogens is 356 g/mol. The quantitative estimate of drug-likeness (QED) is 0.603. The van der Waals surface area contributed by atoms with E-state index >= 15 is 0 Å². The lowest BCUT2D eigenvalue weighted by molar-refractivity contribution is -0.134. The van der Waals surface area contributed by atoms with E-state index in [4.69, 9.17) is 0 Å². The highest BCUT2D eigenvalue weighted by Gasteiger charge is 2.18. The molecule has 0 aliphatic heterocycles. The van der Waals surface area contributed by atoms with Crippen molar-refractivity contribution >= 4 is 28.6 Å². The maximum absolute atomic E-state index is 13.1. The van der Waals surface area contributed by atoms with Crippen molar-refractivity contribution in [1.29, 1.82) is 0 Å². The summed E-state index contributed by atoms with van der Waals surface area (Å²) in [6, 6.07) is 17.3. The zero-order valence-electron chi connectivity index (χ0n) is 15.9. The van der Waals surface area contributed by atoms with Crippen LogP contribution in [0.15, 0.2) is 70.5 Å². The first kappa shape index (κ1) is 19.2. The first-order valence-electron chi connectivity index (χ1n) is 9.00. The summed E-state index contributed by atoms with van der Waals surface area (Å²) in [6.45, 7) is 4.84. The number of rotatable bonds is 6. The van der Waals surface area contributed by atoms with E-state index in [9.17, 15) is 9.59 Å². The largest absolute Gasteiger partial charge is 0.338 e. The van der Waals surface area contributed by atoms with Gasteiger partial charge in [-0.1, -0.05) is 24.3 Å². The number of hydrogen-bond donors (Lipinski definition) is 0. The Morgan fingerprint density at radius 3 is 2.63 bits per heavy atom. The highest BCUT2D eigenvalue weighted by molar-refractivity contribution is 7.98. The molecule has 0 saturated carbocycles. The van der Waals surface area contributed by atoms with Gasteiger partial charge in [0.05, 0.1) is 5.52 Å². The number of thioether (sulfide) groups is 1. The smallest absolute Gasteiger partial charge is 0.243 e. The number of fused-ring (bicyclic) bond motifs is 1. The van der Waals surface area contributed by atoms with Gasteiger partial charge in [-0.3, -0.25) is 9.59 Å². The van der Waals surface area contributed by atoms with Crippen LogP contribution in [0.25, 0.3) is 10.9 Å². The van der Waals surface area contributed by atoms with Crippen LogP contribution >= 0.6 is 11.8 Å². The molecule has 27 heavy (non-hydrogen) atoms. The van der Waals surface area contributed by atoms with Crippen LogP contribution in [-0.4, -0.2) is 27.7 Å². The summed E-state index contributed by atoms with van der Waals surface area (Å²) in [6.07, 6.45) is 3.75. The molecule has 0 aliphatic carbocycles. The average molecular weight is 381 g/mol. The first-order valence-corrected chi connectivity index (χ1v) is 10.2. The Balaban J connectivity index is 1.86. The van der Waals surface area contributed by atoms with Crippen molar-refractivity contribution in [2.75, 3.05) is 6.26 Å². The van der Waals surface area contributed by atoms with E-state index in [2.05, 4.69) is 18.2 Å². The second-order valence-corrected chi connectivity index (χ2v) is 7.67. The van der Waals surface area contributed by atoms with Crippen molar-refractivity contribution in [3.05, 3.63) is 76.6 Å².